The van der Waals surface area contributed by atoms with Crippen molar-refractivity contribution in [2.45, 2.75) is 52.4 Å². The average Bonchev–Trinajstić information content (AvgIpc) is 2.57. The van der Waals surface area contributed by atoms with E-state index in [0.717, 1.165) is 0 Å². The molecule has 0 aromatic heterocycles. The summed E-state index contributed by atoms with van der Waals surface area (Å²) in [5.74, 6) is -1.32. The van der Waals surface area contributed by atoms with Crippen LogP contribution in [-0.2, 0) is 28.7 Å². The predicted molar refractivity (Wildman–Crippen MR) is 89.4 cm³/mol. The van der Waals surface area contributed by atoms with Gasteiger partial charge in [0.25, 0.3) is 0 Å². The summed E-state index contributed by atoms with van der Waals surface area (Å²) in [6, 6.07) is 0. The summed E-state index contributed by atoms with van der Waals surface area (Å²) in [4.78, 5) is 46.7. The first-order chi connectivity index (χ1) is 11.8. The molecule has 1 rings (SSSR count). The second kappa shape index (κ2) is 10.7. The van der Waals surface area contributed by atoms with Crippen LogP contribution in [0.25, 0.3) is 0 Å². The fraction of sp³-hybridized carbons (Fsp3) is 0.765. The lowest BCUT2D eigenvalue weighted by Gasteiger charge is -2.23. The second-order valence-corrected chi connectivity index (χ2v) is 6.89. The molecule has 0 bridgehead atoms. The Bertz CT molecular complexity index is 448. The SMILES string of the molecule is CC1(C)COC(=O)CCC(=O)NCCCCNC(=O)CCC(=O)OC1. The van der Waals surface area contributed by atoms with Gasteiger partial charge in [-0.25, -0.2) is 0 Å². The van der Waals surface area contributed by atoms with Crippen molar-refractivity contribution >= 4 is 23.8 Å². The zero-order valence-corrected chi connectivity index (χ0v) is 15.0. The van der Waals surface area contributed by atoms with Crippen LogP contribution in [0.4, 0.5) is 0 Å². The molecule has 0 aromatic rings. The zero-order valence-electron chi connectivity index (χ0n) is 15.0. The first kappa shape index (κ1) is 20.9. The van der Waals surface area contributed by atoms with Gasteiger partial charge in [-0.1, -0.05) is 13.8 Å². The summed E-state index contributed by atoms with van der Waals surface area (Å²) in [7, 11) is 0. The second-order valence-electron chi connectivity index (χ2n) is 6.89. The van der Waals surface area contributed by atoms with Gasteiger partial charge >= 0.3 is 11.9 Å². The van der Waals surface area contributed by atoms with Crippen LogP contribution in [0.5, 0.6) is 0 Å². The Balaban J connectivity index is 2.54. The molecule has 1 aliphatic rings. The van der Waals surface area contributed by atoms with E-state index in [1.54, 1.807) is 13.8 Å². The van der Waals surface area contributed by atoms with Gasteiger partial charge in [-0.15, -0.1) is 0 Å². The van der Waals surface area contributed by atoms with Crippen molar-refractivity contribution in [2.24, 2.45) is 5.41 Å². The quantitative estimate of drug-likeness (QED) is 0.618. The van der Waals surface area contributed by atoms with Crippen molar-refractivity contribution in [3.63, 3.8) is 0 Å². The number of hydrogen-bond acceptors (Lipinski definition) is 6. The van der Waals surface area contributed by atoms with Crippen molar-refractivity contribution in [2.75, 3.05) is 26.3 Å². The molecule has 0 unspecified atom stereocenters. The average molecular weight is 356 g/mol. The van der Waals surface area contributed by atoms with Crippen LogP contribution in [0.3, 0.4) is 0 Å². The van der Waals surface area contributed by atoms with Gasteiger partial charge in [-0.2, -0.15) is 0 Å². The largest absolute Gasteiger partial charge is 0.465 e. The lowest BCUT2D eigenvalue weighted by Crippen LogP contribution is -2.29. The molecular weight excluding hydrogens is 328 g/mol. The number of esters is 2. The number of nitrogens with one attached hydrogen (secondary N) is 2. The topological polar surface area (TPSA) is 111 Å². The molecule has 25 heavy (non-hydrogen) atoms. The first-order valence-electron chi connectivity index (χ1n) is 8.63. The maximum atomic E-state index is 11.7. The van der Waals surface area contributed by atoms with Gasteiger partial charge in [-0.05, 0) is 12.8 Å². The minimum absolute atomic E-state index is 0.0117. The van der Waals surface area contributed by atoms with Gasteiger partial charge in [0.15, 0.2) is 0 Å². The van der Waals surface area contributed by atoms with Gasteiger partial charge in [0.2, 0.25) is 11.8 Å². The Hall–Kier alpha value is -2.12. The highest BCUT2D eigenvalue weighted by molar-refractivity contribution is 5.81. The summed E-state index contributed by atoms with van der Waals surface area (Å²) in [6.45, 7) is 4.75. The molecule has 0 aliphatic carbocycles. The van der Waals surface area contributed by atoms with E-state index < -0.39 is 17.4 Å². The maximum absolute atomic E-state index is 11.7. The summed E-state index contributed by atoms with van der Waals surface area (Å²) in [5, 5.41) is 5.45. The summed E-state index contributed by atoms with van der Waals surface area (Å²) < 4.78 is 10.3. The van der Waals surface area contributed by atoms with Crippen molar-refractivity contribution in [3.05, 3.63) is 0 Å². The molecular formula is C17H28N2O6. The highest BCUT2D eigenvalue weighted by Crippen LogP contribution is 2.17. The minimum Gasteiger partial charge on any atom is -0.465 e. The first-order valence-corrected chi connectivity index (χ1v) is 8.63. The van der Waals surface area contributed by atoms with E-state index in [1.807, 2.05) is 0 Å². The zero-order chi connectivity index (χ0) is 18.7. The number of hydrogen-bond donors (Lipinski definition) is 2. The molecule has 2 amide bonds. The Morgan fingerprint density at radius 1 is 0.720 bits per heavy atom. The van der Waals surface area contributed by atoms with Gasteiger partial charge in [-0.3, -0.25) is 19.2 Å². The summed E-state index contributed by atoms with van der Waals surface area (Å²) >= 11 is 0. The third-order valence-electron chi connectivity index (χ3n) is 3.61. The fourth-order valence-electron chi connectivity index (χ4n) is 2.05. The number of rotatable bonds is 0. The van der Waals surface area contributed by atoms with Gasteiger partial charge in [0.05, 0.1) is 26.1 Å². The van der Waals surface area contributed by atoms with Crippen LogP contribution >= 0.6 is 0 Å². The number of carbonyl (C=O) groups excluding carboxylic acids is 4. The van der Waals surface area contributed by atoms with Crippen LogP contribution in [0.2, 0.25) is 0 Å². The smallest absolute Gasteiger partial charge is 0.306 e. The van der Waals surface area contributed by atoms with Crippen LogP contribution in [0.15, 0.2) is 0 Å². The summed E-state index contributed by atoms with van der Waals surface area (Å²) in [5.41, 5.74) is -0.543. The van der Waals surface area contributed by atoms with Crippen LogP contribution in [-0.4, -0.2) is 50.1 Å². The van der Waals surface area contributed by atoms with Gasteiger partial charge in [0.1, 0.15) is 0 Å². The van der Waals surface area contributed by atoms with Crippen LogP contribution in [0, 0.1) is 5.41 Å². The third kappa shape index (κ3) is 10.4. The predicted octanol–water partition coefficient (Wildman–Crippen LogP) is 0.686. The lowest BCUT2D eigenvalue weighted by molar-refractivity contribution is -0.153. The van der Waals surface area contributed by atoms with E-state index >= 15 is 0 Å². The molecule has 0 spiro atoms. The molecule has 8 nitrogen and oxygen atoms in total. The molecule has 0 radical (unpaired) electrons. The molecule has 1 saturated heterocycles. The van der Waals surface area contributed by atoms with Crippen LogP contribution in [0.1, 0.15) is 52.4 Å². The molecule has 1 aliphatic heterocycles. The monoisotopic (exact) mass is 356 g/mol. The Kier molecular flexibility index (Phi) is 8.94. The Labute approximate surface area is 148 Å². The third-order valence-corrected chi connectivity index (χ3v) is 3.61. The van der Waals surface area contributed by atoms with E-state index in [9.17, 15) is 19.2 Å². The number of carbonyl (C=O) groups is 4. The van der Waals surface area contributed by atoms with E-state index in [4.69, 9.17) is 9.47 Å². The molecule has 2 N–H and O–H groups in total. The van der Waals surface area contributed by atoms with Crippen molar-refractivity contribution in [3.8, 4) is 0 Å². The number of ether oxygens (including phenoxy) is 2. The fourth-order valence-corrected chi connectivity index (χ4v) is 2.05. The minimum atomic E-state index is -0.543. The molecule has 142 valence electrons. The van der Waals surface area contributed by atoms with Crippen molar-refractivity contribution in [1.29, 1.82) is 0 Å². The van der Waals surface area contributed by atoms with Gasteiger partial charge in [0, 0.05) is 31.3 Å². The molecule has 0 saturated carbocycles. The highest BCUT2D eigenvalue weighted by Gasteiger charge is 2.23. The lowest BCUT2D eigenvalue weighted by atomic mass is 9.96. The summed E-state index contributed by atoms with van der Waals surface area (Å²) in [6.07, 6.45) is 1.60. The van der Waals surface area contributed by atoms with Crippen molar-refractivity contribution < 1.29 is 28.7 Å². The standard InChI is InChI=1S/C17H28N2O6/c1-17(2)11-24-15(22)7-5-13(20)18-9-3-4-10-19-14(21)6-8-16(23)25-12-17/h3-12H2,1-2H3,(H,18,20)(H,19,21). The van der Waals surface area contributed by atoms with E-state index in [2.05, 4.69) is 10.6 Å². The Morgan fingerprint density at radius 3 is 1.52 bits per heavy atom. The van der Waals surface area contributed by atoms with E-state index in [0.29, 0.717) is 25.9 Å². The molecule has 1 heterocycles. The molecule has 1 fully saturated rings. The molecule has 8 heteroatoms. The molecule has 0 atom stereocenters. The highest BCUT2D eigenvalue weighted by atomic mass is 16.5. The van der Waals surface area contributed by atoms with E-state index in [1.165, 1.54) is 0 Å². The number of cyclic esters (lactones) is 2. The van der Waals surface area contributed by atoms with E-state index in [-0.39, 0.29) is 50.7 Å². The number of amides is 2. The van der Waals surface area contributed by atoms with Crippen LogP contribution < -0.4 is 10.6 Å². The van der Waals surface area contributed by atoms with Crippen molar-refractivity contribution in [1.82, 2.24) is 10.6 Å². The molecule has 0 aromatic carbocycles. The van der Waals surface area contributed by atoms with Gasteiger partial charge < -0.3 is 20.1 Å². The Morgan fingerprint density at radius 2 is 1.12 bits per heavy atom. The maximum Gasteiger partial charge on any atom is 0.306 e. The normalized spacial score (nSPS) is 22.3.